The van der Waals surface area contributed by atoms with Gasteiger partial charge in [0, 0.05) is 0 Å². The van der Waals surface area contributed by atoms with Crippen molar-refractivity contribution in [2.45, 2.75) is 0 Å². The Labute approximate surface area is 112 Å². The molecule has 0 aliphatic carbocycles. The van der Waals surface area contributed by atoms with E-state index in [0.29, 0.717) is 5.69 Å². The number of nitrogens with one attached hydrogen (secondary N) is 1. The molecule has 3 N–H and O–H groups in total. The number of carbonyl (C=O) groups is 1. The first-order valence-corrected chi connectivity index (χ1v) is 5.52. The monoisotopic (exact) mass is 283 g/mol. The third-order valence-electron chi connectivity index (χ3n) is 2.01. The Balaban J connectivity index is 2.24. The Kier molecular flexibility index (Phi) is 3.59. The lowest BCUT2D eigenvalue weighted by Gasteiger charge is -2.07. The lowest BCUT2D eigenvalue weighted by molar-refractivity contribution is 0.102. The largest absolute Gasteiger partial charge is 0.397 e. The molecule has 0 saturated carbocycles. The summed E-state index contributed by atoms with van der Waals surface area (Å²) in [5.74, 6) is -0.478. The highest BCUT2D eigenvalue weighted by Crippen LogP contribution is 2.25. The molecule has 2 aromatic heterocycles. The smallest absolute Gasteiger partial charge is 0.274 e. The van der Waals surface area contributed by atoms with Gasteiger partial charge in [-0.25, -0.2) is 15.0 Å². The molecular formula is C10H7Cl2N5O. The number of nitrogen functional groups attached to an aromatic ring is 1. The van der Waals surface area contributed by atoms with E-state index in [0.717, 1.165) is 0 Å². The van der Waals surface area contributed by atoms with E-state index in [1.54, 1.807) is 6.07 Å². The fourth-order valence-electron chi connectivity index (χ4n) is 1.16. The number of rotatable bonds is 2. The number of hydrogen-bond acceptors (Lipinski definition) is 5. The summed E-state index contributed by atoms with van der Waals surface area (Å²) in [5.41, 5.74) is 6.26. The molecule has 0 fully saturated rings. The van der Waals surface area contributed by atoms with Crippen LogP contribution in [0.4, 0.5) is 11.4 Å². The van der Waals surface area contributed by atoms with Crippen LogP contribution < -0.4 is 11.1 Å². The van der Waals surface area contributed by atoms with E-state index in [-0.39, 0.29) is 21.7 Å². The maximum Gasteiger partial charge on any atom is 0.274 e. The van der Waals surface area contributed by atoms with Gasteiger partial charge in [-0.05, 0) is 12.1 Å². The molecule has 2 rings (SSSR count). The molecule has 92 valence electrons. The van der Waals surface area contributed by atoms with Crippen molar-refractivity contribution in [1.82, 2.24) is 15.0 Å². The van der Waals surface area contributed by atoms with Gasteiger partial charge in [-0.2, -0.15) is 0 Å². The average molecular weight is 284 g/mol. The summed E-state index contributed by atoms with van der Waals surface area (Å²) >= 11 is 11.6. The highest BCUT2D eigenvalue weighted by molar-refractivity contribution is 6.38. The number of hydrogen-bond donors (Lipinski definition) is 2. The SMILES string of the molecule is Nc1ccc(C(=O)Nc2c(Cl)ncnc2Cl)nc1. The van der Waals surface area contributed by atoms with Gasteiger partial charge in [0.25, 0.3) is 5.91 Å². The highest BCUT2D eigenvalue weighted by atomic mass is 35.5. The van der Waals surface area contributed by atoms with E-state index in [1.807, 2.05) is 0 Å². The van der Waals surface area contributed by atoms with Gasteiger partial charge in [-0.3, -0.25) is 4.79 Å². The number of nitrogens with two attached hydrogens (primary N) is 1. The van der Waals surface area contributed by atoms with Crippen molar-refractivity contribution in [3.05, 3.63) is 40.7 Å². The molecule has 1 amide bonds. The number of nitrogens with zero attached hydrogens (tertiary/aromatic N) is 3. The standard InChI is InChI=1S/C10H7Cl2N5O/c11-8-7(9(12)16-4-15-8)17-10(18)6-2-1-5(13)3-14-6/h1-4H,13H2,(H,17,18). The van der Waals surface area contributed by atoms with Crippen molar-refractivity contribution >= 4 is 40.5 Å². The molecule has 6 nitrogen and oxygen atoms in total. The van der Waals surface area contributed by atoms with Crippen molar-refractivity contribution in [2.75, 3.05) is 11.1 Å². The summed E-state index contributed by atoms with van der Waals surface area (Å²) in [6.07, 6.45) is 2.57. The molecule has 0 spiro atoms. The number of aromatic nitrogens is 3. The Morgan fingerprint density at radius 2 is 1.83 bits per heavy atom. The van der Waals surface area contributed by atoms with E-state index in [1.165, 1.54) is 18.6 Å². The predicted octanol–water partition coefficient (Wildman–Crippen LogP) is 2.01. The van der Waals surface area contributed by atoms with Gasteiger partial charge >= 0.3 is 0 Å². The molecule has 0 unspecified atom stereocenters. The van der Waals surface area contributed by atoms with Crippen molar-refractivity contribution < 1.29 is 4.79 Å². The van der Waals surface area contributed by atoms with Crippen LogP contribution in [0.15, 0.2) is 24.7 Å². The summed E-state index contributed by atoms with van der Waals surface area (Å²) in [7, 11) is 0. The van der Waals surface area contributed by atoms with Gasteiger partial charge < -0.3 is 11.1 Å². The van der Waals surface area contributed by atoms with E-state index in [4.69, 9.17) is 28.9 Å². The maximum absolute atomic E-state index is 11.8. The average Bonchev–Trinajstić information content (AvgIpc) is 2.34. The van der Waals surface area contributed by atoms with Crippen LogP contribution in [-0.4, -0.2) is 20.9 Å². The molecule has 18 heavy (non-hydrogen) atoms. The zero-order valence-corrected chi connectivity index (χ0v) is 10.4. The maximum atomic E-state index is 11.8. The first-order valence-electron chi connectivity index (χ1n) is 4.77. The summed E-state index contributed by atoms with van der Waals surface area (Å²) in [6.45, 7) is 0. The Morgan fingerprint density at radius 1 is 1.17 bits per heavy atom. The second-order valence-electron chi connectivity index (χ2n) is 3.26. The van der Waals surface area contributed by atoms with Gasteiger partial charge in [0.05, 0.1) is 11.9 Å². The minimum absolute atomic E-state index is 0.0544. The number of pyridine rings is 1. The Hall–Kier alpha value is -1.92. The van der Waals surface area contributed by atoms with Crippen LogP contribution in [0.25, 0.3) is 0 Å². The Bertz CT molecular complexity index is 567. The normalized spacial score (nSPS) is 10.1. The third-order valence-corrected chi connectivity index (χ3v) is 2.59. The van der Waals surface area contributed by atoms with Crippen molar-refractivity contribution in [3.8, 4) is 0 Å². The van der Waals surface area contributed by atoms with Crippen molar-refractivity contribution in [2.24, 2.45) is 0 Å². The van der Waals surface area contributed by atoms with Crippen molar-refractivity contribution in [3.63, 3.8) is 0 Å². The number of amides is 1. The Morgan fingerprint density at radius 3 is 2.39 bits per heavy atom. The van der Waals surface area contributed by atoms with E-state index >= 15 is 0 Å². The second-order valence-corrected chi connectivity index (χ2v) is 3.98. The first-order chi connectivity index (χ1) is 8.58. The van der Waals surface area contributed by atoms with Crippen LogP contribution in [0.1, 0.15) is 10.5 Å². The molecule has 0 radical (unpaired) electrons. The molecule has 0 atom stereocenters. The zero-order chi connectivity index (χ0) is 13.1. The summed E-state index contributed by atoms with van der Waals surface area (Å²) in [4.78, 5) is 23.1. The van der Waals surface area contributed by atoms with Crippen LogP contribution in [0.2, 0.25) is 10.3 Å². The van der Waals surface area contributed by atoms with Gasteiger partial charge in [0.15, 0.2) is 10.3 Å². The molecule has 0 aromatic carbocycles. The van der Waals surface area contributed by atoms with Crippen LogP contribution in [0, 0.1) is 0 Å². The first kappa shape index (κ1) is 12.5. The third kappa shape index (κ3) is 2.66. The zero-order valence-electron chi connectivity index (χ0n) is 8.89. The van der Waals surface area contributed by atoms with Crippen molar-refractivity contribution in [1.29, 1.82) is 0 Å². The fraction of sp³-hybridized carbons (Fsp3) is 0. The number of halogens is 2. The molecule has 0 aliphatic heterocycles. The summed E-state index contributed by atoms with van der Waals surface area (Å²) in [6, 6.07) is 3.04. The molecule has 8 heteroatoms. The fourth-order valence-corrected chi connectivity index (χ4v) is 1.57. The molecule has 2 heterocycles. The van der Waals surface area contributed by atoms with Crippen LogP contribution in [0.3, 0.4) is 0 Å². The summed E-state index contributed by atoms with van der Waals surface area (Å²) < 4.78 is 0. The van der Waals surface area contributed by atoms with Crippen LogP contribution >= 0.6 is 23.2 Å². The topological polar surface area (TPSA) is 93.8 Å². The molecule has 2 aromatic rings. The molecule has 0 saturated heterocycles. The van der Waals surface area contributed by atoms with E-state index in [2.05, 4.69) is 20.3 Å². The van der Waals surface area contributed by atoms with Crippen LogP contribution in [-0.2, 0) is 0 Å². The van der Waals surface area contributed by atoms with E-state index in [9.17, 15) is 4.79 Å². The quantitative estimate of drug-likeness (QED) is 0.823. The second kappa shape index (κ2) is 5.16. The lowest BCUT2D eigenvalue weighted by atomic mass is 10.3. The van der Waals surface area contributed by atoms with Gasteiger partial charge in [0.1, 0.15) is 17.7 Å². The minimum Gasteiger partial charge on any atom is -0.397 e. The molecular weight excluding hydrogens is 277 g/mol. The van der Waals surface area contributed by atoms with Gasteiger partial charge in [-0.15, -0.1) is 0 Å². The molecule has 0 bridgehead atoms. The minimum atomic E-state index is -0.478. The van der Waals surface area contributed by atoms with E-state index < -0.39 is 5.91 Å². The summed E-state index contributed by atoms with van der Waals surface area (Å²) in [5, 5.41) is 2.59. The van der Waals surface area contributed by atoms with Crippen LogP contribution in [0.5, 0.6) is 0 Å². The number of carbonyl (C=O) groups excluding carboxylic acids is 1. The highest BCUT2D eigenvalue weighted by Gasteiger charge is 2.13. The van der Waals surface area contributed by atoms with Gasteiger partial charge in [-0.1, -0.05) is 23.2 Å². The predicted molar refractivity (Wildman–Crippen MR) is 68.7 cm³/mol. The number of anilines is 2. The lowest BCUT2D eigenvalue weighted by Crippen LogP contribution is -2.15. The van der Waals surface area contributed by atoms with Gasteiger partial charge in [0.2, 0.25) is 0 Å². The molecule has 0 aliphatic rings.